The number of fused-ring (bicyclic) bond motifs is 1. The van der Waals surface area contributed by atoms with Crippen LogP contribution in [0.2, 0.25) is 0 Å². The predicted molar refractivity (Wildman–Crippen MR) is 107 cm³/mol. The second-order valence-corrected chi connectivity index (χ2v) is 9.96. The summed E-state index contributed by atoms with van der Waals surface area (Å²) in [5, 5.41) is 0.647. The van der Waals surface area contributed by atoms with E-state index in [2.05, 4.69) is 4.72 Å². The summed E-state index contributed by atoms with van der Waals surface area (Å²) in [4.78, 5) is 14.7. The Labute approximate surface area is 166 Å². The van der Waals surface area contributed by atoms with Crippen molar-refractivity contribution >= 4 is 26.9 Å². The zero-order chi connectivity index (χ0) is 20.9. The lowest BCUT2D eigenvalue weighted by atomic mass is 10.0. The number of rotatable bonds is 3. The molecule has 0 atom stereocenters. The summed E-state index contributed by atoms with van der Waals surface area (Å²) >= 11 is 0. The van der Waals surface area contributed by atoms with Crippen molar-refractivity contribution in [1.29, 1.82) is 0 Å². The molecule has 1 aromatic heterocycles. The van der Waals surface area contributed by atoms with Crippen molar-refractivity contribution in [3.63, 3.8) is 0 Å². The highest BCUT2D eigenvalue weighted by atomic mass is 32.2. The summed E-state index contributed by atoms with van der Waals surface area (Å²) < 4.78 is 40.2. The third kappa shape index (κ3) is 3.81. The van der Waals surface area contributed by atoms with Crippen LogP contribution in [-0.2, 0) is 14.8 Å². The topological polar surface area (TPSA) is 88.9 Å². The van der Waals surface area contributed by atoms with E-state index in [0.717, 1.165) is 5.56 Å². The van der Waals surface area contributed by atoms with E-state index in [4.69, 9.17) is 9.15 Å². The quantitative estimate of drug-likeness (QED) is 0.844. The molecule has 0 aliphatic carbocycles. The first-order valence-corrected chi connectivity index (χ1v) is 10.8. The van der Waals surface area contributed by atoms with Crippen LogP contribution in [0.3, 0.4) is 0 Å². The van der Waals surface area contributed by atoms with Crippen LogP contribution >= 0.6 is 0 Å². The van der Waals surface area contributed by atoms with Gasteiger partial charge in [-0.25, -0.2) is 13.1 Å². The fraction of sp³-hybridized carbons (Fsp3) is 0.550. The van der Waals surface area contributed by atoms with Gasteiger partial charge in [-0.05, 0) is 58.7 Å². The molecule has 0 spiro atoms. The van der Waals surface area contributed by atoms with Gasteiger partial charge >= 0.3 is 0 Å². The Morgan fingerprint density at radius 2 is 1.71 bits per heavy atom. The Balaban J connectivity index is 2.20. The zero-order valence-electron chi connectivity index (χ0n) is 17.3. The van der Waals surface area contributed by atoms with E-state index in [1.165, 1.54) is 0 Å². The molecule has 0 unspecified atom stereocenters. The molecule has 1 aliphatic rings. The number of sulfonamides is 1. The maximum atomic E-state index is 13.1. The Bertz CT molecular complexity index is 1030. The highest BCUT2D eigenvalue weighted by Crippen LogP contribution is 2.35. The molecule has 1 aliphatic heterocycles. The van der Waals surface area contributed by atoms with Gasteiger partial charge in [0.1, 0.15) is 4.90 Å². The number of hydrogen-bond donors (Lipinski definition) is 1. The molecule has 8 heteroatoms. The lowest BCUT2D eigenvalue weighted by Gasteiger charge is -2.26. The average Bonchev–Trinajstić information content (AvgIpc) is 2.90. The lowest BCUT2D eigenvalue weighted by Crippen LogP contribution is -2.41. The van der Waals surface area contributed by atoms with Crippen LogP contribution in [0.4, 0.5) is 0 Å². The van der Waals surface area contributed by atoms with Crippen LogP contribution in [0.25, 0.3) is 11.0 Å². The van der Waals surface area contributed by atoms with E-state index in [-0.39, 0.29) is 22.1 Å². The van der Waals surface area contributed by atoms with Crippen LogP contribution in [0.15, 0.2) is 15.4 Å². The lowest BCUT2D eigenvalue weighted by molar-refractivity contribution is 0.0283. The van der Waals surface area contributed by atoms with Gasteiger partial charge in [-0.15, -0.1) is 0 Å². The Hall–Kier alpha value is -1.90. The summed E-state index contributed by atoms with van der Waals surface area (Å²) in [6.45, 7) is 12.7. The summed E-state index contributed by atoms with van der Waals surface area (Å²) in [6, 6.07) is 1.88. The molecule has 2 heterocycles. The number of morpholine rings is 1. The zero-order valence-corrected chi connectivity index (χ0v) is 18.1. The minimum absolute atomic E-state index is 0.0987. The summed E-state index contributed by atoms with van der Waals surface area (Å²) in [7, 11) is -3.84. The number of nitrogens with one attached hydrogen (secondary N) is 1. The second kappa shape index (κ2) is 7.17. The minimum Gasteiger partial charge on any atom is -0.449 e. The number of carbonyl (C=O) groups is 1. The number of ether oxygens (including phenoxy) is 1. The third-order valence-electron chi connectivity index (χ3n) is 4.89. The fourth-order valence-corrected chi connectivity index (χ4v) is 5.30. The van der Waals surface area contributed by atoms with E-state index >= 15 is 0 Å². The van der Waals surface area contributed by atoms with Crippen molar-refractivity contribution in [1.82, 2.24) is 9.62 Å². The van der Waals surface area contributed by atoms with Crippen LogP contribution in [0.5, 0.6) is 0 Å². The van der Waals surface area contributed by atoms with Gasteiger partial charge in [0.05, 0.1) is 13.2 Å². The van der Waals surface area contributed by atoms with Crippen LogP contribution in [0.1, 0.15) is 48.0 Å². The molecule has 1 saturated heterocycles. The van der Waals surface area contributed by atoms with Crippen LogP contribution in [-0.4, -0.2) is 51.1 Å². The van der Waals surface area contributed by atoms with Crippen molar-refractivity contribution in [2.75, 3.05) is 26.3 Å². The van der Waals surface area contributed by atoms with Crippen molar-refractivity contribution in [3.05, 3.63) is 28.5 Å². The average molecular weight is 409 g/mol. The van der Waals surface area contributed by atoms with E-state index in [9.17, 15) is 13.2 Å². The van der Waals surface area contributed by atoms with Gasteiger partial charge in [-0.1, -0.05) is 0 Å². The van der Waals surface area contributed by atoms with E-state index in [1.807, 2.05) is 13.0 Å². The predicted octanol–water partition coefficient (Wildman–Crippen LogP) is 2.91. The first kappa shape index (κ1) is 20.8. The van der Waals surface area contributed by atoms with Gasteiger partial charge in [0, 0.05) is 29.6 Å². The fourth-order valence-electron chi connectivity index (χ4n) is 3.43. The molecule has 7 nitrogen and oxygen atoms in total. The normalized spacial score (nSPS) is 16.0. The smallest absolute Gasteiger partial charge is 0.290 e. The monoisotopic (exact) mass is 408 g/mol. The van der Waals surface area contributed by atoms with Gasteiger partial charge in [0.15, 0.2) is 11.3 Å². The number of benzene rings is 1. The number of aryl methyl sites for hydroxylation is 2. The number of amides is 1. The Morgan fingerprint density at radius 3 is 2.29 bits per heavy atom. The molecule has 3 rings (SSSR count). The molecule has 2 aromatic rings. The van der Waals surface area contributed by atoms with E-state index in [0.29, 0.717) is 42.8 Å². The SMILES string of the molecule is Cc1cc2c(C)c(C(=O)N3CCOCC3)oc2c(S(=O)(=O)NC(C)(C)C)c1C. The van der Waals surface area contributed by atoms with Crippen molar-refractivity contribution in [3.8, 4) is 0 Å². The van der Waals surface area contributed by atoms with Crippen LogP contribution in [0, 0.1) is 20.8 Å². The summed E-state index contributed by atoms with van der Waals surface area (Å²) in [6.07, 6.45) is 0. The van der Waals surface area contributed by atoms with Crippen LogP contribution < -0.4 is 4.72 Å². The maximum absolute atomic E-state index is 13.1. The van der Waals surface area contributed by atoms with Gasteiger partial charge in [0.25, 0.3) is 5.91 Å². The Kier molecular flexibility index (Phi) is 5.33. The van der Waals surface area contributed by atoms with E-state index in [1.54, 1.807) is 39.5 Å². The summed E-state index contributed by atoms with van der Waals surface area (Å²) in [5.74, 6) is -0.0476. The first-order valence-electron chi connectivity index (χ1n) is 9.36. The molecule has 1 N–H and O–H groups in total. The number of carbonyl (C=O) groups excluding carboxylic acids is 1. The molecule has 1 fully saturated rings. The molecule has 154 valence electrons. The van der Waals surface area contributed by atoms with Gasteiger partial charge < -0.3 is 14.1 Å². The van der Waals surface area contributed by atoms with Gasteiger partial charge in [0.2, 0.25) is 10.0 Å². The molecule has 0 saturated carbocycles. The molecule has 0 radical (unpaired) electrons. The maximum Gasteiger partial charge on any atom is 0.290 e. The third-order valence-corrected chi connectivity index (χ3v) is 6.80. The number of hydrogen-bond acceptors (Lipinski definition) is 5. The number of nitrogens with zero attached hydrogens (tertiary/aromatic N) is 1. The second-order valence-electron chi connectivity index (χ2n) is 8.34. The molecule has 0 bridgehead atoms. The van der Waals surface area contributed by atoms with Gasteiger partial charge in [-0.2, -0.15) is 0 Å². The molecule has 1 aromatic carbocycles. The molecule has 1 amide bonds. The number of furan rings is 1. The first-order chi connectivity index (χ1) is 12.9. The van der Waals surface area contributed by atoms with Crippen molar-refractivity contribution in [2.45, 2.75) is 52.0 Å². The Morgan fingerprint density at radius 1 is 1.11 bits per heavy atom. The van der Waals surface area contributed by atoms with Crippen molar-refractivity contribution in [2.24, 2.45) is 0 Å². The molecule has 28 heavy (non-hydrogen) atoms. The van der Waals surface area contributed by atoms with Gasteiger partial charge in [-0.3, -0.25) is 4.79 Å². The summed E-state index contributed by atoms with van der Waals surface area (Å²) in [5.41, 5.74) is 1.69. The standard InChI is InChI=1S/C20H28N2O5S/c1-12-11-15-14(3)16(19(23)22-7-9-26-10-8-22)27-17(15)18(13(12)2)28(24,25)21-20(4,5)6/h11,21H,7-10H2,1-6H3. The molecular weight excluding hydrogens is 380 g/mol. The highest BCUT2D eigenvalue weighted by molar-refractivity contribution is 7.89. The van der Waals surface area contributed by atoms with Crippen molar-refractivity contribution < 1.29 is 22.4 Å². The highest BCUT2D eigenvalue weighted by Gasteiger charge is 2.32. The largest absolute Gasteiger partial charge is 0.449 e. The molecular formula is C20H28N2O5S. The van der Waals surface area contributed by atoms with E-state index < -0.39 is 15.6 Å². The minimum atomic E-state index is -3.84.